The van der Waals surface area contributed by atoms with E-state index in [0.29, 0.717) is 12.1 Å². The number of allylic oxidation sites excluding steroid dienone is 2. The third kappa shape index (κ3) is 2.37. The van der Waals surface area contributed by atoms with Gasteiger partial charge in [-0.1, -0.05) is 38.8 Å². The third-order valence-electron chi connectivity index (χ3n) is 4.29. The van der Waals surface area contributed by atoms with Crippen LogP contribution in [-0.2, 0) is 0 Å². The lowest BCUT2D eigenvalue weighted by molar-refractivity contribution is 0.303. The molecular weight excluding hydrogens is 193 g/mol. The summed E-state index contributed by atoms with van der Waals surface area (Å²) in [5.41, 5.74) is 3.64. The molecule has 2 aliphatic rings. The van der Waals surface area contributed by atoms with Gasteiger partial charge in [-0.2, -0.15) is 0 Å². The Bertz CT molecular complexity index is 254. The van der Waals surface area contributed by atoms with Crippen LogP contribution in [-0.4, -0.2) is 23.7 Å². The van der Waals surface area contributed by atoms with Crippen LogP contribution in [0, 0.1) is 0 Å². The maximum Gasteiger partial charge on any atom is 0.231 e. The molecule has 90 valence electrons. The highest BCUT2D eigenvalue weighted by Gasteiger charge is 2.35. The molecule has 0 atom stereocenters. The molecule has 0 radical (unpaired) electrons. The molecular formula is C14H26BN. The zero-order chi connectivity index (χ0) is 11.7. The van der Waals surface area contributed by atoms with Crippen LogP contribution in [0.1, 0.15) is 53.4 Å². The molecule has 0 N–H and O–H groups in total. The first-order valence-electron chi connectivity index (χ1n) is 7.06. The highest BCUT2D eigenvalue weighted by Crippen LogP contribution is 2.39. The van der Waals surface area contributed by atoms with Gasteiger partial charge in [-0.15, -0.1) is 0 Å². The van der Waals surface area contributed by atoms with Crippen LogP contribution < -0.4 is 0 Å². The largest absolute Gasteiger partial charge is 0.337 e. The van der Waals surface area contributed by atoms with E-state index in [9.17, 15) is 0 Å². The van der Waals surface area contributed by atoms with Crippen LogP contribution >= 0.6 is 0 Å². The fourth-order valence-electron chi connectivity index (χ4n) is 3.81. The summed E-state index contributed by atoms with van der Waals surface area (Å²) >= 11 is 0. The Kier molecular flexibility index (Phi) is 3.79. The van der Waals surface area contributed by atoms with Crippen molar-refractivity contribution in [2.24, 2.45) is 0 Å². The van der Waals surface area contributed by atoms with Crippen LogP contribution in [0.25, 0.3) is 0 Å². The number of hydrogen-bond donors (Lipinski definition) is 0. The lowest BCUT2D eigenvalue weighted by Crippen LogP contribution is -2.47. The molecule has 0 bridgehead atoms. The average Bonchev–Trinajstić information content (AvgIpc) is 2.58. The van der Waals surface area contributed by atoms with Crippen LogP contribution in [0.2, 0.25) is 12.6 Å². The van der Waals surface area contributed by atoms with Gasteiger partial charge in [0, 0.05) is 0 Å². The van der Waals surface area contributed by atoms with E-state index in [1.807, 2.05) is 11.1 Å². The Morgan fingerprint density at radius 3 is 1.69 bits per heavy atom. The molecule has 0 spiro atoms. The summed E-state index contributed by atoms with van der Waals surface area (Å²) in [6, 6.07) is 1.37. The molecule has 2 heteroatoms. The minimum absolute atomic E-state index is 0.686. The molecule has 0 unspecified atom stereocenters. The van der Waals surface area contributed by atoms with Crippen LogP contribution in [0.4, 0.5) is 0 Å². The van der Waals surface area contributed by atoms with E-state index in [1.54, 1.807) is 0 Å². The van der Waals surface area contributed by atoms with Crippen molar-refractivity contribution in [3.63, 3.8) is 0 Å². The van der Waals surface area contributed by atoms with E-state index in [0.717, 1.165) is 6.85 Å². The first kappa shape index (κ1) is 12.2. The molecule has 16 heavy (non-hydrogen) atoms. The van der Waals surface area contributed by atoms with Crippen molar-refractivity contribution in [1.82, 2.24) is 4.81 Å². The number of rotatable bonds is 3. The Morgan fingerprint density at radius 2 is 1.31 bits per heavy atom. The minimum Gasteiger partial charge on any atom is -0.337 e. The number of hydrogen-bond acceptors (Lipinski definition) is 1. The first-order valence-corrected chi connectivity index (χ1v) is 7.06. The number of nitrogens with zero attached hydrogens (tertiary/aromatic N) is 1. The van der Waals surface area contributed by atoms with Crippen molar-refractivity contribution in [2.45, 2.75) is 78.1 Å². The van der Waals surface area contributed by atoms with Crippen molar-refractivity contribution in [1.29, 1.82) is 0 Å². The molecule has 0 aromatic rings. The second-order valence-electron chi connectivity index (χ2n) is 6.11. The van der Waals surface area contributed by atoms with E-state index in [-0.39, 0.29) is 0 Å². The third-order valence-corrected chi connectivity index (χ3v) is 4.29. The highest BCUT2D eigenvalue weighted by atomic mass is 15.1. The molecule has 1 aliphatic carbocycles. The van der Waals surface area contributed by atoms with Gasteiger partial charge in [0.15, 0.2) is 0 Å². The maximum atomic E-state index is 2.72. The predicted octanol–water partition coefficient (Wildman–Crippen LogP) is 3.98. The predicted molar refractivity (Wildman–Crippen MR) is 73.0 cm³/mol. The topological polar surface area (TPSA) is 3.24 Å². The Hall–Kier alpha value is -0.235. The van der Waals surface area contributed by atoms with Gasteiger partial charge >= 0.3 is 0 Å². The zero-order valence-corrected chi connectivity index (χ0v) is 11.4. The van der Waals surface area contributed by atoms with E-state index < -0.39 is 0 Å². The van der Waals surface area contributed by atoms with Crippen LogP contribution in [0.3, 0.4) is 0 Å². The van der Waals surface area contributed by atoms with E-state index >= 15 is 0 Å². The van der Waals surface area contributed by atoms with Crippen molar-refractivity contribution in [2.75, 3.05) is 0 Å². The quantitative estimate of drug-likeness (QED) is 0.512. The summed E-state index contributed by atoms with van der Waals surface area (Å²) in [6.45, 7) is 10.2. The molecule has 0 saturated heterocycles. The smallest absolute Gasteiger partial charge is 0.231 e. The molecule has 1 nitrogen and oxygen atoms in total. The van der Waals surface area contributed by atoms with Crippen LogP contribution in [0.15, 0.2) is 11.1 Å². The van der Waals surface area contributed by atoms with Crippen molar-refractivity contribution >= 4 is 6.85 Å². The summed E-state index contributed by atoms with van der Waals surface area (Å²) in [6.07, 6.45) is 8.41. The lowest BCUT2D eigenvalue weighted by Gasteiger charge is -2.35. The normalized spacial score (nSPS) is 21.6. The van der Waals surface area contributed by atoms with E-state index in [4.69, 9.17) is 0 Å². The average molecular weight is 219 g/mol. The Morgan fingerprint density at radius 1 is 0.875 bits per heavy atom. The van der Waals surface area contributed by atoms with Gasteiger partial charge in [0.25, 0.3) is 0 Å². The summed E-state index contributed by atoms with van der Waals surface area (Å²) in [5, 5.41) is 0. The van der Waals surface area contributed by atoms with E-state index in [1.165, 1.54) is 38.3 Å². The fourth-order valence-corrected chi connectivity index (χ4v) is 3.81. The van der Waals surface area contributed by atoms with Gasteiger partial charge in [-0.25, -0.2) is 0 Å². The monoisotopic (exact) mass is 219 g/mol. The SMILES string of the molecule is CC(C)N(B1CC2=C(CCCC2)C1)C(C)C. The second kappa shape index (κ2) is 4.95. The fraction of sp³-hybridized carbons (Fsp3) is 0.857. The molecule has 0 amide bonds. The zero-order valence-electron chi connectivity index (χ0n) is 11.4. The molecule has 1 aliphatic heterocycles. The van der Waals surface area contributed by atoms with Crippen molar-refractivity contribution < 1.29 is 0 Å². The lowest BCUT2D eigenvalue weighted by atomic mass is 9.55. The molecule has 0 aromatic heterocycles. The summed E-state index contributed by atoms with van der Waals surface area (Å²) in [4.78, 5) is 2.72. The second-order valence-corrected chi connectivity index (χ2v) is 6.11. The first-order chi connectivity index (χ1) is 7.59. The van der Waals surface area contributed by atoms with Gasteiger partial charge in [-0.3, -0.25) is 0 Å². The van der Waals surface area contributed by atoms with Gasteiger partial charge < -0.3 is 4.81 Å². The summed E-state index contributed by atoms with van der Waals surface area (Å²) < 4.78 is 0. The Balaban J connectivity index is 2.03. The molecule has 0 aromatic carbocycles. The van der Waals surface area contributed by atoms with Gasteiger partial charge in [0.2, 0.25) is 6.85 Å². The van der Waals surface area contributed by atoms with Crippen LogP contribution in [0.5, 0.6) is 0 Å². The standard InChI is InChI=1S/C14H26BN/c1-11(2)16(12(3)4)15-9-13-7-5-6-8-14(13)10-15/h11-12H,5-10H2,1-4H3. The van der Waals surface area contributed by atoms with Crippen molar-refractivity contribution in [3.8, 4) is 0 Å². The molecule has 2 rings (SSSR count). The summed E-state index contributed by atoms with van der Waals surface area (Å²) in [5.74, 6) is 0. The minimum atomic E-state index is 0.686. The van der Waals surface area contributed by atoms with Gasteiger partial charge in [0.05, 0.1) is 0 Å². The van der Waals surface area contributed by atoms with Gasteiger partial charge in [-0.05, 0) is 50.4 Å². The van der Waals surface area contributed by atoms with Gasteiger partial charge in [0.1, 0.15) is 0 Å². The summed E-state index contributed by atoms with van der Waals surface area (Å²) in [7, 11) is 0. The highest BCUT2D eigenvalue weighted by molar-refractivity contribution is 6.58. The molecule has 0 fully saturated rings. The van der Waals surface area contributed by atoms with Crippen molar-refractivity contribution in [3.05, 3.63) is 11.1 Å². The Labute approximate surface area is 101 Å². The molecule has 0 saturated carbocycles. The maximum absolute atomic E-state index is 2.72. The molecule has 1 heterocycles. The van der Waals surface area contributed by atoms with E-state index in [2.05, 4.69) is 32.5 Å².